The molecule has 0 unspecified atom stereocenters. The van der Waals surface area contributed by atoms with Crippen LogP contribution in [0.3, 0.4) is 0 Å². The summed E-state index contributed by atoms with van der Waals surface area (Å²) in [6, 6.07) is 3.51. The minimum Gasteiger partial charge on any atom is -0.360 e. The van der Waals surface area contributed by atoms with Gasteiger partial charge in [-0.3, -0.25) is 23.7 Å². The van der Waals surface area contributed by atoms with E-state index in [4.69, 9.17) is 4.52 Å². The summed E-state index contributed by atoms with van der Waals surface area (Å²) in [6.45, 7) is 6.89. The van der Waals surface area contributed by atoms with Crippen LogP contribution < -0.4 is 11.2 Å². The Hall–Kier alpha value is -2.19. The Kier molecular flexibility index (Phi) is 4.68. The summed E-state index contributed by atoms with van der Waals surface area (Å²) >= 11 is 0. The molecule has 0 saturated carbocycles. The highest BCUT2D eigenvalue weighted by Crippen LogP contribution is 2.11. The van der Waals surface area contributed by atoms with Gasteiger partial charge in [0.1, 0.15) is 0 Å². The van der Waals surface area contributed by atoms with E-state index in [1.807, 2.05) is 13.0 Å². The molecule has 3 rings (SSSR count). The lowest BCUT2D eigenvalue weighted by Crippen LogP contribution is -2.46. The lowest BCUT2D eigenvalue weighted by atomic mass is 10.2. The van der Waals surface area contributed by atoms with E-state index in [1.54, 1.807) is 17.7 Å². The van der Waals surface area contributed by atoms with E-state index in [9.17, 15) is 9.59 Å². The van der Waals surface area contributed by atoms with Crippen molar-refractivity contribution in [2.45, 2.75) is 20.0 Å². The van der Waals surface area contributed by atoms with Gasteiger partial charge in [0.15, 0.2) is 5.76 Å². The van der Waals surface area contributed by atoms with Crippen LogP contribution >= 0.6 is 0 Å². The van der Waals surface area contributed by atoms with Gasteiger partial charge < -0.3 is 4.52 Å². The summed E-state index contributed by atoms with van der Waals surface area (Å²) in [4.78, 5) is 28.4. The van der Waals surface area contributed by atoms with Crippen LogP contribution in [0.4, 0.5) is 0 Å². The second-order valence-corrected chi connectivity index (χ2v) is 6.36. The van der Waals surface area contributed by atoms with Gasteiger partial charge in [-0.15, -0.1) is 0 Å². The first kappa shape index (κ1) is 16.7. The standard InChI is InChI=1S/C16H23N5O3/c1-12-8-14(24-17-12)11-21-6-4-20(5-7-21)10-13-9-15(22)19(3)16(23)18(13)2/h8-9H,4-7,10-11H2,1-3H3. The van der Waals surface area contributed by atoms with Crippen molar-refractivity contribution in [2.24, 2.45) is 14.1 Å². The maximum absolute atomic E-state index is 12.0. The van der Waals surface area contributed by atoms with Gasteiger partial charge in [0, 0.05) is 64.6 Å². The lowest BCUT2D eigenvalue weighted by Gasteiger charge is -2.34. The van der Waals surface area contributed by atoms with E-state index in [2.05, 4.69) is 15.0 Å². The Morgan fingerprint density at radius 2 is 1.62 bits per heavy atom. The Labute approximate surface area is 139 Å². The number of hydrogen-bond donors (Lipinski definition) is 0. The van der Waals surface area contributed by atoms with Gasteiger partial charge in [-0.25, -0.2) is 4.79 Å². The molecule has 0 spiro atoms. The number of rotatable bonds is 4. The van der Waals surface area contributed by atoms with Gasteiger partial charge in [-0.2, -0.15) is 0 Å². The number of hydrogen-bond acceptors (Lipinski definition) is 6. The van der Waals surface area contributed by atoms with Gasteiger partial charge in [-0.1, -0.05) is 5.16 Å². The second-order valence-electron chi connectivity index (χ2n) is 6.36. The van der Waals surface area contributed by atoms with Crippen molar-refractivity contribution in [1.82, 2.24) is 24.1 Å². The molecule has 0 atom stereocenters. The first-order chi connectivity index (χ1) is 11.4. The third kappa shape index (κ3) is 3.49. The molecule has 0 bridgehead atoms. The molecule has 2 aromatic rings. The van der Waals surface area contributed by atoms with Crippen molar-refractivity contribution in [3.63, 3.8) is 0 Å². The smallest absolute Gasteiger partial charge is 0.330 e. The van der Waals surface area contributed by atoms with Crippen LogP contribution in [0, 0.1) is 6.92 Å². The maximum Gasteiger partial charge on any atom is 0.330 e. The zero-order valence-corrected chi connectivity index (χ0v) is 14.4. The van der Waals surface area contributed by atoms with Crippen molar-refractivity contribution in [3.8, 4) is 0 Å². The van der Waals surface area contributed by atoms with Gasteiger partial charge in [0.05, 0.1) is 12.2 Å². The molecule has 1 aliphatic rings. The molecule has 130 valence electrons. The summed E-state index contributed by atoms with van der Waals surface area (Å²) in [7, 11) is 3.21. The van der Waals surface area contributed by atoms with Crippen molar-refractivity contribution < 1.29 is 4.52 Å². The van der Waals surface area contributed by atoms with Crippen LogP contribution in [-0.2, 0) is 27.2 Å². The Balaban J connectivity index is 1.60. The van der Waals surface area contributed by atoms with E-state index in [-0.39, 0.29) is 11.2 Å². The Bertz CT molecular complexity index is 827. The monoisotopic (exact) mass is 333 g/mol. The van der Waals surface area contributed by atoms with Gasteiger partial charge in [-0.05, 0) is 6.92 Å². The highest BCUT2D eigenvalue weighted by atomic mass is 16.5. The number of aromatic nitrogens is 3. The fourth-order valence-corrected chi connectivity index (χ4v) is 2.98. The van der Waals surface area contributed by atoms with Crippen LogP contribution in [0.25, 0.3) is 0 Å². The lowest BCUT2D eigenvalue weighted by molar-refractivity contribution is 0.112. The van der Waals surface area contributed by atoms with Crippen molar-refractivity contribution in [1.29, 1.82) is 0 Å². The summed E-state index contributed by atoms with van der Waals surface area (Å²) in [6.07, 6.45) is 0. The summed E-state index contributed by atoms with van der Waals surface area (Å²) in [5.41, 5.74) is 1.11. The molecular weight excluding hydrogens is 310 g/mol. The van der Waals surface area contributed by atoms with Crippen LogP contribution in [0.15, 0.2) is 26.2 Å². The molecule has 8 heteroatoms. The molecule has 0 aromatic carbocycles. The van der Waals surface area contributed by atoms with Crippen LogP contribution in [0.5, 0.6) is 0 Å². The zero-order chi connectivity index (χ0) is 17.3. The molecule has 0 N–H and O–H groups in total. The topological polar surface area (TPSA) is 76.5 Å². The first-order valence-electron chi connectivity index (χ1n) is 8.07. The van der Waals surface area contributed by atoms with E-state index in [0.717, 1.165) is 54.4 Å². The minimum atomic E-state index is -0.281. The fourth-order valence-electron chi connectivity index (χ4n) is 2.98. The van der Waals surface area contributed by atoms with Crippen LogP contribution in [0.1, 0.15) is 17.1 Å². The maximum atomic E-state index is 12.0. The molecular formula is C16H23N5O3. The molecule has 8 nitrogen and oxygen atoms in total. The predicted molar refractivity (Wildman–Crippen MR) is 88.7 cm³/mol. The van der Waals surface area contributed by atoms with Crippen LogP contribution in [0.2, 0.25) is 0 Å². The van der Waals surface area contributed by atoms with Gasteiger partial charge in [0.2, 0.25) is 0 Å². The summed E-state index contributed by atoms with van der Waals surface area (Å²) in [5, 5.41) is 3.91. The normalized spacial score (nSPS) is 16.6. The third-order valence-electron chi connectivity index (χ3n) is 4.53. The molecule has 1 aliphatic heterocycles. The second kappa shape index (κ2) is 6.74. The zero-order valence-electron chi connectivity index (χ0n) is 14.4. The summed E-state index contributed by atoms with van der Waals surface area (Å²) < 4.78 is 7.93. The Morgan fingerprint density at radius 1 is 1.00 bits per heavy atom. The molecule has 3 heterocycles. The third-order valence-corrected chi connectivity index (χ3v) is 4.53. The molecule has 24 heavy (non-hydrogen) atoms. The number of nitrogens with zero attached hydrogens (tertiary/aromatic N) is 5. The van der Waals surface area contributed by atoms with E-state index in [1.165, 1.54) is 7.05 Å². The quantitative estimate of drug-likeness (QED) is 0.764. The average molecular weight is 333 g/mol. The molecule has 0 amide bonds. The predicted octanol–water partition coefficient (Wildman–Crippen LogP) is -0.302. The molecule has 0 radical (unpaired) electrons. The largest absolute Gasteiger partial charge is 0.360 e. The molecule has 0 aliphatic carbocycles. The molecule has 1 saturated heterocycles. The highest BCUT2D eigenvalue weighted by Gasteiger charge is 2.19. The SMILES string of the molecule is Cc1cc(CN2CCN(Cc3cc(=O)n(C)c(=O)n3C)CC2)on1. The highest BCUT2D eigenvalue weighted by molar-refractivity contribution is 5.04. The molecule has 2 aromatic heterocycles. The number of piperazine rings is 1. The van der Waals surface area contributed by atoms with Crippen molar-refractivity contribution >= 4 is 0 Å². The number of aryl methyl sites for hydroxylation is 1. The van der Waals surface area contributed by atoms with Crippen molar-refractivity contribution in [3.05, 3.63) is 50.1 Å². The van der Waals surface area contributed by atoms with E-state index in [0.29, 0.717) is 6.54 Å². The summed E-state index contributed by atoms with van der Waals surface area (Å²) in [5.74, 6) is 0.884. The first-order valence-corrected chi connectivity index (χ1v) is 8.07. The minimum absolute atomic E-state index is 0.257. The van der Waals surface area contributed by atoms with E-state index < -0.39 is 0 Å². The Morgan fingerprint density at radius 3 is 2.21 bits per heavy atom. The van der Waals surface area contributed by atoms with Gasteiger partial charge in [0.25, 0.3) is 5.56 Å². The fraction of sp³-hybridized carbons (Fsp3) is 0.562. The van der Waals surface area contributed by atoms with Gasteiger partial charge >= 0.3 is 5.69 Å². The average Bonchev–Trinajstić information content (AvgIpc) is 2.97. The van der Waals surface area contributed by atoms with E-state index >= 15 is 0 Å². The molecule has 1 fully saturated rings. The van der Waals surface area contributed by atoms with Crippen LogP contribution in [-0.4, -0.2) is 50.3 Å². The van der Waals surface area contributed by atoms with Crippen molar-refractivity contribution in [2.75, 3.05) is 26.2 Å².